The molecule has 0 fully saturated rings. The van der Waals surface area contributed by atoms with Crippen LogP contribution in [0.3, 0.4) is 0 Å². The Kier molecular flexibility index (Phi) is 28.1. The zero-order valence-corrected chi connectivity index (χ0v) is 22.9. The van der Waals surface area contributed by atoms with Gasteiger partial charge in [0.25, 0.3) is 0 Å². The maximum atomic E-state index is 4.91. The molecule has 0 atom stereocenters. The Balaban J connectivity index is 0.00000106. The van der Waals surface area contributed by atoms with Crippen molar-refractivity contribution in [2.75, 3.05) is 20.2 Å². The second-order valence-corrected chi connectivity index (χ2v) is 9.63. The van der Waals surface area contributed by atoms with Gasteiger partial charge in [0.05, 0.1) is 7.11 Å². The highest BCUT2D eigenvalue weighted by Crippen LogP contribution is 2.11. The molecule has 1 rings (SSSR count). The van der Waals surface area contributed by atoms with Gasteiger partial charge in [0.15, 0.2) is 0 Å². The van der Waals surface area contributed by atoms with Gasteiger partial charge < -0.3 is 10.1 Å². The minimum atomic E-state index is 0.910. The molecule has 0 aliphatic heterocycles. The quantitative estimate of drug-likeness (QED) is 0.164. The summed E-state index contributed by atoms with van der Waals surface area (Å²) in [6.07, 6.45) is 28.8. The van der Waals surface area contributed by atoms with Crippen LogP contribution in [0.5, 0.6) is 5.75 Å². The lowest BCUT2D eigenvalue weighted by atomic mass is 10.1. The molecule has 0 unspecified atom stereocenters. The Labute approximate surface area is 208 Å². The van der Waals surface area contributed by atoms with Gasteiger partial charge in [-0.15, -0.1) is 0 Å². The summed E-state index contributed by atoms with van der Waals surface area (Å²) in [5.74, 6) is 0.910. The first kappa shape index (κ1) is 32.0. The van der Waals surface area contributed by atoms with Gasteiger partial charge in [0.1, 0.15) is 5.75 Å². The zero-order valence-electron chi connectivity index (χ0n) is 22.9. The molecule has 0 saturated carbocycles. The number of hydrogen-bond donors (Lipinski definition) is 1. The van der Waals surface area contributed by atoms with Crippen molar-refractivity contribution in [3.8, 4) is 5.75 Å². The molecule has 0 radical (unpaired) electrons. The fraction of sp³-hybridized carbons (Fsp3) is 0.806. The van der Waals surface area contributed by atoms with E-state index in [4.69, 9.17) is 4.74 Å². The van der Waals surface area contributed by atoms with E-state index < -0.39 is 0 Å². The van der Waals surface area contributed by atoms with E-state index in [9.17, 15) is 0 Å². The molecule has 0 heterocycles. The zero-order chi connectivity index (χ0) is 24.1. The maximum Gasteiger partial charge on any atom is 0.118 e. The molecule has 0 aromatic heterocycles. The van der Waals surface area contributed by atoms with Gasteiger partial charge in [0.2, 0.25) is 0 Å². The molecule has 1 aromatic carbocycles. The van der Waals surface area contributed by atoms with Crippen molar-refractivity contribution < 1.29 is 4.74 Å². The van der Waals surface area contributed by atoms with E-state index in [1.807, 2.05) is 30.3 Å². The molecular weight excluding hydrogens is 402 g/mol. The van der Waals surface area contributed by atoms with E-state index in [-0.39, 0.29) is 0 Å². The number of benzene rings is 1. The number of para-hydroxylation sites is 1. The van der Waals surface area contributed by atoms with E-state index in [1.165, 1.54) is 142 Å². The summed E-state index contributed by atoms with van der Waals surface area (Å²) in [5.41, 5.74) is 0. The number of unbranched alkanes of at least 4 members (excludes halogenated alkanes) is 18. The summed E-state index contributed by atoms with van der Waals surface area (Å²) < 4.78 is 4.91. The molecule has 1 aromatic rings. The number of nitrogens with one attached hydrogen (secondary N) is 1. The Bertz CT molecular complexity index is 425. The largest absolute Gasteiger partial charge is 0.497 e. The van der Waals surface area contributed by atoms with Gasteiger partial charge in [0, 0.05) is 0 Å². The molecule has 0 spiro atoms. The lowest BCUT2D eigenvalue weighted by molar-refractivity contribution is 0.415. The first-order valence-electron chi connectivity index (χ1n) is 14.6. The number of ether oxygens (including phenoxy) is 1. The van der Waals surface area contributed by atoms with E-state index >= 15 is 0 Å². The summed E-state index contributed by atoms with van der Waals surface area (Å²) in [6, 6.07) is 9.68. The molecular formula is C31H59NO. The van der Waals surface area contributed by atoms with Crippen LogP contribution in [0.15, 0.2) is 30.3 Å². The van der Waals surface area contributed by atoms with E-state index in [0.29, 0.717) is 0 Å². The number of methoxy groups -OCH3 is 1. The van der Waals surface area contributed by atoms with Crippen LogP contribution in [-0.2, 0) is 0 Å². The van der Waals surface area contributed by atoms with Gasteiger partial charge in [-0.2, -0.15) is 0 Å². The highest BCUT2D eigenvalue weighted by molar-refractivity contribution is 5.20. The maximum absolute atomic E-state index is 4.91. The first-order chi connectivity index (χ1) is 16.3. The lowest BCUT2D eigenvalue weighted by Crippen LogP contribution is -2.16. The smallest absolute Gasteiger partial charge is 0.118 e. The summed E-state index contributed by atoms with van der Waals surface area (Å²) in [6.45, 7) is 7.08. The fourth-order valence-corrected chi connectivity index (χ4v) is 4.16. The van der Waals surface area contributed by atoms with Crippen molar-refractivity contribution in [3.05, 3.63) is 30.3 Å². The predicted molar refractivity (Wildman–Crippen MR) is 150 cm³/mol. The molecule has 0 aliphatic carbocycles. The van der Waals surface area contributed by atoms with Gasteiger partial charge in [-0.3, -0.25) is 0 Å². The van der Waals surface area contributed by atoms with Crippen LogP contribution in [0.2, 0.25) is 0 Å². The monoisotopic (exact) mass is 461 g/mol. The molecule has 33 heavy (non-hydrogen) atoms. The third-order valence-corrected chi connectivity index (χ3v) is 6.39. The minimum Gasteiger partial charge on any atom is -0.497 e. The van der Waals surface area contributed by atoms with Crippen molar-refractivity contribution >= 4 is 0 Å². The van der Waals surface area contributed by atoms with Gasteiger partial charge in [-0.25, -0.2) is 0 Å². The van der Waals surface area contributed by atoms with Crippen LogP contribution >= 0.6 is 0 Å². The second kappa shape index (κ2) is 29.0. The van der Waals surface area contributed by atoms with Crippen LogP contribution < -0.4 is 10.1 Å². The third kappa shape index (κ3) is 27.1. The highest BCUT2D eigenvalue weighted by atomic mass is 16.5. The average Bonchev–Trinajstić information content (AvgIpc) is 2.86. The molecule has 0 bridgehead atoms. The van der Waals surface area contributed by atoms with Crippen molar-refractivity contribution in [1.82, 2.24) is 5.32 Å². The van der Waals surface area contributed by atoms with Gasteiger partial charge >= 0.3 is 0 Å². The SMILES string of the molecule is CCCCCCCCCCCCNCCCCCCCCCCCC.COc1ccccc1. The summed E-state index contributed by atoms with van der Waals surface area (Å²) in [5, 5.41) is 3.64. The molecule has 1 N–H and O–H groups in total. The topological polar surface area (TPSA) is 21.3 Å². The van der Waals surface area contributed by atoms with Crippen LogP contribution in [0.25, 0.3) is 0 Å². The molecule has 0 saturated heterocycles. The lowest BCUT2D eigenvalue weighted by Gasteiger charge is -2.05. The Morgan fingerprint density at radius 2 is 0.818 bits per heavy atom. The van der Waals surface area contributed by atoms with E-state index in [1.54, 1.807) is 7.11 Å². The number of rotatable bonds is 23. The van der Waals surface area contributed by atoms with E-state index in [0.717, 1.165) is 5.75 Å². The standard InChI is InChI=1S/C24H51N.C7H8O/c1-3-5-7-9-11-13-15-17-19-21-23-25-24-22-20-18-16-14-12-10-8-6-4-2;1-8-7-5-3-2-4-6-7/h25H,3-24H2,1-2H3;2-6H,1H3. The Morgan fingerprint density at radius 3 is 1.12 bits per heavy atom. The summed E-state index contributed by atoms with van der Waals surface area (Å²) >= 11 is 0. The molecule has 0 amide bonds. The third-order valence-electron chi connectivity index (χ3n) is 6.39. The first-order valence-corrected chi connectivity index (χ1v) is 14.6. The van der Waals surface area contributed by atoms with Gasteiger partial charge in [-0.05, 0) is 38.1 Å². The Morgan fingerprint density at radius 1 is 0.485 bits per heavy atom. The Hall–Kier alpha value is -1.02. The van der Waals surface area contributed by atoms with Gasteiger partial charge in [-0.1, -0.05) is 148 Å². The van der Waals surface area contributed by atoms with Crippen LogP contribution in [0.1, 0.15) is 142 Å². The second-order valence-electron chi connectivity index (χ2n) is 9.63. The van der Waals surface area contributed by atoms with Crippen molar-refractivity contribution in [3.63, 3.8) is 0 Å². The normalized spacial score (nSPS) is 10.6. The van der Waals surface area contributed by atoms with Crippen LogP contribution in [0.4, 0.5) is 0 Å². The summed E-state index contributed by atoms with van der Waals surface area (Å²) in [7, 11) is 1.66. The highest BCUT2D eigenvalue weighted by Gasteiger charge is 1.94. The molecule has 0 aliphatic rings. The predicted octanol–water partition coefficient (Wildman–Crippen LogP) is 10.1. The summed E-state index contributed by atoms with van der Waals surface area (Å²) in [4.78, 5) is 0. The van der Waals surface area contributed by atoms with Crippen LogP contribution in [0, 0.1) is 0 Å². The average molecular weight is 462 g/mol. The molecule has 2 nitrogen and oxygen atoms in total. The molecule has 2 heteroatoms. The molecule has 194 valence electrons. The van der Waals surface area contributed by atoms with Crippen molar-refractivity contribution in [2.24, 2.45) is 0 Å². The minimum absolute atomic E-state index is 0.910. The van der Waals surface area contributed by atoms with Crippen molar-refractivity contribution in [2.45, 2.75) is 142 Å². The fourth-order valence-electron chi connectivity index (χ4n) is 4.16. The van der Waals surface area contributed by atoms with E-state index in [2.05, 4.69) is 19.2 Å². The van der Waals surface area contributed by atoms with Crippen molar-refractivity contribution in [1.29, 1.82) is 0 Å². The number of hydrogen-bond acceptors (Lipinski definition) is 2. The van der Waals surface area contributed by atoms with Crippen LogP contribution in [-0.4, -0.2) is 20.2 Å².